The summed E-state index contributed by atoms with van der Waals surface area (Å²) in [5, 5.41) is 19.7. The summed E-state index contributed by atoms with van der Waals surface area (Å²) in [6.07, 6.45) is 0. The van der Waals surface area contributed by atoms with Gasteiger partial charge in [-0.1, -0.05) is 36.4 Å². The summed E-state index contributed by atoms with van der Waals surface area (Å²) in [7, 11) is 0. The summed E-state index contributed by atoms with van der Waals surface area (Å²) < 4.78 is 0. The van der Waals surface area contributed by atoms with E-state index in [1.54, 1.807) is 6.07 Å². The fourth-order valence-corrected chi connectivity index (χ4v) is 1.89. The summed E-state index contributed by atoms with van der Waals surface area (Å²) in [6, 6.07) is 17.6. The smallest absolute Gasteiger partial charge is 0.201 e. The number of aryl methyl sites for hydroxylation is 1. The lowest BCUT2D eigenvalue weighted by Crippen LogP contribution is -2.21. The maximum absolute atomic E-state index is 8.76. The van der Waals surface area contributed by atoms with Gasteiger partial charge in [0.1, 0.15) is 6.07 Å². The van der Waals surface area contributed by atoms with Gasteiger partial charge in [-0.15, -0.1) is 0 Å². The van der Waals surface area contributed by atoms with E-state index < -0.39 is 0 Å². The highest BCUT2D eigenvalue weighted by Gasteiger charge is 2.02. The van der Waals surface area contributed by atoms with Gasteiger partial charge >= 0.3 is 0 Å². The highest BCUT2D eigenvalue weighted by molar-refractivity contribution is 6.45. The Morgan fingerprint density at radius 3 is 2.43 bits per heavy atom. The second-order valence-electron chi connectivity index (χ2n) is 4.49. The van der Waals surface area contributed by atoms with Crippen LogP contribution >= 0.6 is 0 Å². The maximum atomic E-state index is 8.76. The predicted molar refractivity (Wildman–Crippen MR) is 85.2 cm³/mol. The predicted octanol–water partition coefficient (Wildman–Crippen LogP) is 2.89. The Morgan fingerprint density at radius 2 is 1.86 bits per heavy atom. The number of benzene rings is 2. The Hall–Kier alpha value is -3.13. The lowest BCUT2D eigenvalue weighted by atomic mass is 10.0. The van der Waals surface area contributed by atoms with Crippen LogP contribution in [0.3, 0.4) is 0 Å². The minimum absolute atomic E-state index is 0.141. The van der Waals surface area contributed by atoms with Crippen molar-refractivity contribution in [2.75, 3.05) is 5.43 Å². The van der Waals surface area contributed by atoms with E-state index in [9.17, 15) is 0 Å². The lowest BCUT2D eigenvalue weighted by molar-refractivity contribution is 1.33. The van der Waals surface area contributed by atoms with Crippen LogP contribution in [0.1, 0.15) is 5.56 Å². The molecular formula is C16H15N5. The largest absolute Gasteiger partial charge is 0.382 e. The molecule has 0 heterocycles. The zero-order valence-corrected chi connectivity index (χ0v) is 11.6. The van der Waals surface area contributed by atoms with Gasteiger partial charge in [0.05, 0.1) is 5.69 Å². The third kappa shape index (κ3) is 3.45. The molecule has 2 aromatic carbocycles. The topological polar surface area (TPSA) is 98.0 Å². The summed E-state index contributed by atoms with van der Waals surface area (Å²) >= 11 is 0. The van der Waals surface area contributed by atoms with Gasteiger partial charge in [-0.05, 0) is 35.7 Å². The minimum atomic E-state index is -0.360. The Labute approximate surface area is 123 Å². The van der Waals surface area contributed by atoms with E-state index in [0.29, 0.717) is 0 Å². The monoisotopic (exact) mass is 277 g/mol. The molecule has 0 amide bonds. The Kier molecular flexibility index (Phi) is 4.32. The molecule has 0 spiro atoms. The van der Waals surface area contributed by atoms with E-state index in [1.165, 1.54) is 11.1 Å². The molecule has 0 bridgehead atoms. The van der Waals surface area contributed by atoms with E-state index >= 15 is 0 Å². The van der Waals surface area contributed by atoms with Gasteiger partial charge in [-0.2, -0.15) is 10.4 Å². The van der Waals surface area contributed by atoms with Gasteiger partial charge in [-0.3, -0.25) is 10.8 Å². The Bertz CT molecular complexity index is 723. The molecule has 0 aliphatic rings. The van der Waals surface area contributed by atoms with Gasteiger partial charge in [-0.25, -0.2) is 0 Å². The van der Waals surface area contributed by atoms with Crippen LogP contribution in [0.15, 0.2) is 53.6 Å². The number of anilines is 1. The van der Waals surface area contributed by atoms with Crippen LogP contribution in [0.4, 0.5) is 5.69 Å². The molecule has 0 fully saturated rings. The van der Waals surface area contributed by atoms with E-state index in [2.05, 4.69) is 29.6 Å². The summed E-state index contributed by atoms with van der Waals surface area (Å²) in [5.41, 5.74) is 12.0. The van der Waals surface area contributed by atoms with Crippen molar-refractivity contribution in [3.8, 4) is 17.2 Å². The molecular weight excluding hydrogens is 262 g/mol. The van der Waals surface area contributed by atoms with Crippen LogP contribution in [-0.2, 0) is 0 Å². The van der Waals surface area contributed by atoms with Gasteiger partial charge < -0.3 is 5.73 Å². The average molecular weight is 277 g/mol. The van der Waals surface area contributed by atoms with Crippen LogP contribution in [-0.4, -0.2) is 11.5 Å². The minimum Gasteiger partial charge on any atom is -0.382 e. The number of nitrogens with zero attached hydrogens (tertiary/aromatic N) is 2. The number of nitrogens with one attached hydrogen (secondary N) is 2. The van der Waals surface area contributed by atoms with Crippen molar-refractivity contribution in [1.82, 2.24) is 0 Å². The summed E-state index contributed by atoms with van der Waals surface area (Å²) in [6.45, 7) is 2.07. The fourth-order valence-electron chi connectivity index (χ4n) is 1.89. The number of nitriles is 1. The van der Waals surface area contributed by atoms with Gasteiger partial charge in [0.15, 0.2) is 5.84 Å². The number of rotatable bonds is 4. The fraction of sp³-hybridized carbons (Fsp3) is 0.0625. The first-order valence-corrected chi connectivity index (χ1v) is 6.36. The normalized spacial score (nSPS) is 10.8. The van der Waals surface area contributed by atoms with Crippen LogP contribution < -0.4 is 11.2 Å². The highest BCUT2D eigenvalue weighted by atomic mass is 15.3. The maximum Gasteiger partial charge on any atom is 0.201 e. The first kappa shape index (κ1) is 14.3. The zero-order valence-electron chi connectivity index (χ0n) is 11.6. The van der Waals surface area contributed by atoms with E-state index in [-0.39, 0.29) is 11.5 Å². The van der Waals surface area contributed by atoms with Crippen LogP contribution in [0, 0.1) is 23.7 Å². The third-order valence-electron chi connectivity index (χ3n) is 3.00. The van der Waals surface area contributed by atoms with Gasteiger partial charge in [0, 0.05) is 0 Å². The van der Waals surface area contributed by atoms with Crippen molar-refractivity contribution < 1.29 is 0 Å². The molecule has 0 aliphatic carbocycles. The first-order valence-electron chi connectivity index (χ1n) is 6.36. The first-order chi connectivity index (χ1) is 10.1. The average Bonchev–Trinajstić information content (AvgIpc) is 2.49. The van der Waals surface area contributed by atoms with Crippen molar-refractivity contribution in [3.05, 3.63) is 54.1 Å². The van der Waals surface area contributed by atoms with E-state index in [0.717, 1.165) is 11.3 Å². The van der Waals surface area contributed by atoms with Gasteiger partial charge in [0.2, 0.25) is 5.71 Å². The second-order valence-corrected chi connectivity index (χ2v) is 4.49. The quantitative estimate of drug-likeness (QED) is 0.455. The SMILES string of the molecule is Cc1ccccc1-c1ccc(N/N=C(\C#N)C(=N)N)cc1. The number of hydrazone groups is 1. The van der Waals surface area contributed by atoms with Crippen molar-refractivity contribution in [3.63, 3.8) is 0 Å². The second kappa shape index (κ2) is 6.35. The molecule has 0 unspecified atom stereocenters. The number of hydrogen-bond donors (Lipinski definition) is 3. The molecule has 0 aliphatic heterocycles. The van der Waals surface area contributed by atoms with Crippen molar-refractivity contribution >= 4 is 17.2 Å². The Morgan fingerprint density at radius 1 is 1.19 bits per heavy atom. The molecule has 4 N–H and O–H groups in total. The molecule has 2 rings (SSSR count). The molecule has 0 radical (unpaired) electrons. The molecule has 5 heteroatoms. The van der Waals surface area contributed by atoms with Crippen molar-refractivity contribution in [1.29, 1.82) is 10.7 Å². The van der Waals surface area contributed by atoms with Crippen LogP contribution in [0.25, 0.3) is 11.1 Å². The van der Waals surface area contributed by atoms with Crippen molar-refractivity contribution in [2.24, 2.45) is 10.8 Å². The van der Waals surface area contributed by atoms with E-state index in [1.807, 2.05) is 36.4 Å². The molecule has 21 heavy (non-hydrogen) atoms. The zero-order chi connectivity index (χ0) is 15.2. The van der Waals surface area contributed by atoms with E-state index in [4.69, 9.17) is 16.4 Å². The summed E-state index contributed by atoms with van der Waals surface area (Å²) in [4.78, 5) is 0. The Balaban J connectivity index is 2.19. The van der Waals surface area contributed by atoms with Crippen LogP contribution in [0.2, 0.25) is 0 Å². The molecule has 0 atom stereocenters. The lowest BCUT2D eigenvalue weighted by Gasteiger charge is -2.07. The van der Waals surface area contributed by atoms with Gasteiger partial charge in [0.25, 0.3) is 0 Å². The molecule has 5 nitrogen and oxygen atoms in total. The standard InChI is InChI=1S/C16H15N5/c1-11-4-2-3-5-14(11)12-6-8-13(9-7-12)20-21-15(10-17)16(18)19/h2-9,20H,1H3,(H3,18,19)/b21-15+. The highest BCUT2D eigenvalue weighted by Crippen LogP contribution is 2.24. The molecule has 0 saturated carbocycles. The van der Waals surface area contributed by atoms with Crippen molar-refractivity contribution in [2.45, 2.75) is 6.92 Å². The number of hydrogen-bond acceptors (Lipinski definition) is 4. The summed E-state index contributed by atoms with van der Waals surface area (Å²) in [5.74, 6) is -0.360. The van der Waals surface area contributed by atoms with Crippen LogP contribution in [0.5, 0.6) is 0 Å². The number of nitrogens with two attached hydrogens (primary N) is 1. The molecule has 104 valence electrons. The molecule has 0 saturated heterocycles. The number of amidine groups is 1. The molecule has 0 aromatic heterocycles. The molecule has 2 aromatic rings. The third-order valence-corrected chi connectivity index (χ3v) is 3.00.